The van der Waals surface area contributed by atoms with Crippen molar-refractivity contribution in [2.75, 3.05) is 0 Å². The molecule has 2 heterocycles. The van der Waals surface area contributed by atoms with Crippen LogP contribution in [0.4, 0.5) is 0 Å². The fourth-order valence-corrected chi connectivity index (χ4v) is 1.90. The minimum Gasteiger partial charge on any atom is -0.292 e. The number of Topliss-reactive ketones (excluding diaryl/α,β-unsaturated/α-hetero) is 1. The number of thiazole rings is 1. The maximum Gasteiger partial charge on any atom is 0.186 e. The van der Waals surface area contributed by atoms with Gasteiger partial charge in [0, 0.05) is 24.2 Å². The van der Waals surface area contributed by atoms with Gasteiger partial charge in [0.2, 0.25) is 0 Å². The van der Waals surface area contributed by atoms with Gasteiger partial charge in [-0.15, -0.1) is 11.3 Å². The maximum atomic E-state index is 11.7. The van der Waals surface area contributed by atoms with Crippen molar-refractivity contribution in [1.82, 2.24) is 9.97 Å². The molecule has 0 atom stereocenters. The summed E-state index contributed by atoms with van der Waals surface area (Å²) < 4.78 is 0. The zero-order valence-electron chi connectivity index (χ0n) is 7.68. The normalized spacial score (nSPS) is 10.2. The summed E-state index contributed by atoms with van der Waals surface area (Å²) in [6.45, 7) is 0. The van der Waals surface area contributed by atoms with Gasteiger partial charge in [0.25, 0.3) is 0 Å². The van der Waals surface area contributed by atoms with Crippen molar-refractivity contribution in [3.05, 3.63) is 45.6 Å². The average Bonchev–Trinajstić information content (AvgIpc) is 2.74. The molecule has 0 radical (unpaired) electrons. The predicted molar refractivity (Wildman–Crippen MR) is 59.4 cm³/mol. The minimum atomic E-state index is -0.0237. The molecule has 0 saturated heterocycles. The SMILES string of the molecule is O=C(Cc1ccncc1Cl)c1cscn1. The Hall–Kier alpha value is -1.26. The highest BCUT2D eigenvalue weighted by Gasteiger charge is 2.10. The van der Waals surface area contributed by atoms with Crippen LogP contribution in [0.15, 0.2) is 29.4 Å². The molecule has 0 aliphatic rings. The number of rotatable bonds is 3. The highest BCUT2D eigenvalue weighted by atomic mass is 35.5. The summed E-state index contributed by atoms with van der Waals surface area (Å²) in [7, 11) is 0. The van der Waals surface area contributed by atoms with Crippen molar-refractivity contribution in [3.8, 4) is 0 Å². The summed E-state index contributed by atoms with van der Waals surface area (Å²) in [6, 6.07) is 1.74. The summed E-state index contributed by atoms with van der Waals surface area (Å²) in [4.78, 5) is 19.5. The average molecular weight is 239 g/mol. The van der Waals surface area contributed by atoms with Crippen molar-refractivity contribution in [2.45, 2.75) is 6.42 Å². The molecule has 2 aromatic rings. The van der Waals surface area contributed by atoms with Gasteiger partial charge in [-0.05, 0) is 11.6 Å². The second kappa shape index (κ2) is 4.51. The van der Waals surface area contributed by atoms with E-state index in [1.807, 2.05) is 0 Å². The van der Waals surface area contributed by atoms with E-state index in [2.05, 4.69) is 9.97 Å². The van der Waals surface area contributed by atoms with Crippen molar-refractivity contribution < 1.29 is 4.79 Å². The number of carbonyl (C=O) groups is 1. The molecule has 5 heteroatoms. The number of halogens is 1. The van der Waals surface area contributed by atoms with Crippen molar-refractivity contribution in [3.63, 3.8) is 0 Å². The van der Waals surface area contributed by atoms with E-state index in [1.54, 1.807) is 23.2 Å². The molecule has 3 nitrogen and oxygen atoms in total. The lowest BCUT2D eigenvalue weighted by atomic mass is 10.1. The van der Waals surface area contributed by atoms with Crippen LogP contribution in [0.3, 0.4) is 0 Å². The number of hydrogen-bond acceptors (Lipinski definition) is 4. The molecule has 0 saturated carbocycles. The third-order valence-corrected chi connectivity index (χ3v) is 2.85. The smallest absolute Gasteiger partial charge is 0.186 e. The Morgan fingerprint density at radius 1 is 1.53 bits per heavy atom. The number of ketones is 1. The molecule has 0 bridgehead atoms. The Balaban J connectivity index is 2.17. The molecule has 76 valence electrons. The van der Waals surface area contributed by atoms with E-state index in [1.165, 1.54) is 17.5 Å². The molecule has 0 aliphatic carbocycles. The van der Waals surface area contributed by atoms with E-state index in [0.29, 0.717) is 10.7 Å². The predicted octanol–water partition coefficient (Wildman–Crippen LogP) is 2.62. The van der Waals surface area contributed by atoms with Gasteiger partial charge in [-0.2, -0.15) is 0 Å². The summed E-state index contributed by atoms with van der Waals surface area (Å²) in [5.74, 6) is -0.0237. The largest absolute Gasteiger partial charge is 0.292 e. The molecule has 0 N–H and O–H groups in total. The molecule has 0 fully saturated rings. The first-order valence-electron chi connectivity index (χ1n) is 4.27. The molecule has 0 aromatic carbocycles. The van der Waals surface area contributed by atoms with Crippen LogP contribution in [-0.2, 0) is 6.42 Å². The number of carbonyl (C=O) groups excluding carboxylic acids is 1. The van der Waals surface area contributed by atoms with Gasteiger partial charge in [-0.3, -0.25) is 9.78 Å². The Labute approximate surface area is 95.8 Å². The molecule has 0 spiro atoms. The first kappa shape index (κ1) is 10.3. The molecule has 0 unspecified atom stereocenters. The second-order valence-electron chi connectivity index (χ2n) is 2.94. The van der Waals surface area contributed by atoms with E-state index in [0.717, 1.165) is 5.56 Å². The first-order valence-corrected chi connectivity index (χ1v) is 5.59. The summed E-state index contributed by atoms with van der Waals surface area (Å²) >= 11 is 7.30. The molecule has 15 heavy (non-hydrogen) atoms. The third-order valence-electron chi connectivity index (χ3n) is 1.93. The molecule has 0 amide bonds. The molecule has 0 aliphatic heterocycles. The van der Waals surface area contributed by atoms with Crippen LogP contribution in [-0.4, -0.2) is 15.8 Å². The minimum absolute atomic E-state index is 0.0237. The van der Waals surface area contributed by atoms with E-state index in [-0.39, 0.29) is 12.2 Å². The Morgan fingerprint density at radius 2 is 2.40 bits per heavy atom. The van der Waals surface area contributed by atoms with E-state index in [4.69, 9.17) is 11.6 Å². The van der Waals surface area contributed by atoms with Crippen LogP contribution in [0.25, 0.3) is 0 Å². The first-order chi connectivity index (χ1) is 7.27. The van der Waals surface area contributed by atoms with Gasteiger partial charge in [-0.1, -0.05) is 11.6 Å². The van der Waals surface area contributed by atoms with E-state index >= 15 is 0 Å². The lowest BCUT2D eigenvalue weighted by molar-refractivity contribution is 0.0989. The van der Waals surface area contributed by atoms with Crippen molar-refractivity contribution in [2.24, 2.45) is 0 Å². The zero-order chi connectivity index (χ0) is 10.7. The van der Waals surface area contributed by atoms with Crippen LogP contribution in [0, 0.1) is 0 Å². The van der Waals surface area contributed by atoms with Gasteiger partial charge in [0.15, 0.2) is 5.78 Å². The van der Waals surface area contributed by atoms with Crippen molar-refractivity contribution in [1.29, 1.82) is 0 Å². The zero-order valence-corrected chi connectivity index (χ0v) is 9.26. The standard InChI is InChI=1S/C10H7ClN2OS/c11-8-4-12-2-1-7(8)3-10(14)9-5-15-6-13-9/h1-2,4-6H,3H2. The Morgan fingerprint density at radius 3 is 3.07 bits per heavy atom. The topological polar surface area (TPSA) is 42.9 Å². The summed E-state index contributed by atoms with van der Waals surface area (Å²) in [5.41, 5.74) is 2.92. The number of hydrogen-bond donors (Lipinski definition) is 0. The van der Waals surface area contributed by atoms with Gasteiger partial charge in [-0.25, -0.2) is 4.98 Å². The van der Waals surface area contributed by atoms with E-state index < -0.39 is 0 Å². The maximum absolute atomic E-state index is 11.7. The van der Waals surface area contributed by atoms with Crippen LogP contribution in [0.2, 0.25) is 5.02 Å². The van der Waals surface area contributed by atoms with Gasteiger partial charge < -0.3 is 0 Å². The molecular weight excluding hydrogens is 232 g/mol. The van der Waals surface area contributed by atoms with Crippen molar-refractivity contribution >= 4 is 28.7 Å². The third kappa shape index (κ3) is 2.40. The Kier molecular flexibility index (Phi) is 3.08. The summed E-state index contributed by atoms with van der Waals surface area (Å²) in [6.07, 6.45) is 3.42. The number of aromatic nitrogens is 2. The second-order valence-corrected chi connectivity index (χ2v) is 4.07. The lowest BCUT2D eigenvalue weighted by Crippen LogP contribution is -2.04. The molecule has 2 rings (SSSR count). The van der Waals surface area contributed by atoms with Gasteiger partial charge in [0.1, 0.15) is 5.69 Å². The van der Waals surface area contributed by atoms with E-state index in [9.17, 15) is 4.79 Å². The van der Waals surface area contributed by atoms with Gasteiger partial charge in [0.05, 0.1) is 10.5 Å². The molecule has 2 aromatic heterocycles. The van der Waals surface area contributed by atoms with Crippen LogP contribution in [0.5, 0.6) is 0 Å². The number of nitrogens with zero attached hydrogens (tertiary/aromatic N) is 2. The molecular formula is C10H7ClN2OS. The van der Waals surface area contributed by atoms with Crippen LogP contribution in [0.1, 0.15) is 16.1 Å². The quantitative estimate of drug-likeness (QED) is 0.772. The number of pyridine rings is 1. The fraction of sp³-hybridized carbons (Fsp3) is 0.100. The van der Waals surface area contributed by atoms with Crippen LogP contribution >= 0.6 is 22.9 Å². The van der Waals surface area contributed by atoms with Crippen LogP contribution < -0.4 is 0 Å². The highest BCUT2D eigenvalue weighted by molar-refractivity contribution is 7.07. The highest BCUT2D eigenvalue weighted by Crippen LogP contribution is 2.16. The monoisotopic (exact) mass is 238 g/mol. The Bertz CT molecular complexity index is 470. The lowest BCUT2D eigenvalue weighted by Gasteiger charge is -2.00. The fourth-order valence-electron chi connectivity index (χ4n) is 1.16. The summed E-state index contributed by atoms with van der Waals surface area (Å²) in [5, 5.41) is 2.25. The van der Waals surface area contributed by atoms with Gasteiger partial charge >= 0.3 is 0 Å².